The summed E-state index contributed by atoms with van der Waals surface area (Å²) in [4.78, 5) is 0. The van der Waals surface area contributed by atoms with Gasteiger partial charge in [0, 0.05) is 11.1 Å². The van der Waals surface area contributed by atoms with Crippen molar-refractivity contribution in [1.82, 2.24) is 0 Å². The third-order valence-corrected chi connectivity index (χ3v) is 5.64. The Kier molecular flexibility index (Phi) is 8.69. The number of hydrogen-bond donors (Lipinski definition) is 2. The largest absolute Gasteiger partial charge is 0.394 e. The Balaban J connectivity index is 1.45. The zero-order valence-electron chi connectivity index (χ0n) is 17.2. The highest BCUT2D eigenvalue weighted by Gasteiger charge is 2.44. The highest BCUT2D eigenvalue weighted by atomic mass is 16.7. The SMILES string of the molecule is OCC(O)CCCCCCCCC1COC(c2ccccc2)(c2ccccc2)O1. The Morgan fingerprint density at radius 2 is 1.38 bits per heavy atom. The summed E-state index contributed by atoms with van der Waals surface area (Å²) in [7, 11) is 0. The van der Waals surface area contributed by atoms with E-state index in [1.54, 1.807) is 0 Å². The number of hydrogen-bond acceptors (Lipinski definition) is 4. The highest BCUT2D eigenvalue weighted by molar-refractivity contribution is 5.34. The van der Waals surface area contributed by atoms with E-state index in [0.29, 0.717) is 13.0 Å². The zero-order chi connectivity index (χ0) is 20.4. The number of benzene rings is 2. The normalized spacial score (nSPS) is 19.3. The maximum absolute atomic E-state index is 9.35. The lowest BCUT2D eigenvalue weighted by Gasteiger charge is -2.29. The summed E-state index contributed by atoms with van der Waals surface area (Å²) < 4.78 is 12.8. The molecule has 0 aliphatic carbocycles. The minimum absolute atomic E-state index is 0.107. The first-order valence-corrected chi connectivity index (χ1v) is 11.0. The molecule has 4 nitrogen and oxygen atoms in total. The van der Waals surface area contributed by atoms with Crippen molar-refractivity contribution in [3.05, 3.63) is 71.8 Å². The fourth-order valence-corrected chi connectivity index (χ4v) is 3.99. The number of rotatable bonds is 12. The molecular weight excluding hydrogens is 364 g/mol. The van der Waals surface area contributed by atoms with Gasteiger partial charge >= 0.3 is 0 Å². The van der Waals surface area contributed by atoms with Gasteiger partial charge in [-0.25, -0.2) is 0 Å². The Morgan fingerprint density at radius 3 is 1.97 bits per heavy atom. The quantitative estimate of drug-likeness (QED) is 0.505. The van der Waals surface area contributed by atoms with Crippen LogP contribution in [0, 0.1) is 0 Å². The summed E-state index contributed by atoms with van der Waals surface area (Å²) in [6.07, 6.45) is 8.06. The van der Waals surface area contributed by atoms with Crippen molar-refractivity contribution in [3.8, 4) is 0 Å². The second-order valence-corrected chi connectivity index (χ2v) is 7.93. The fraction of sp³-hybridized carbons (Fsp3) is 0.520. The third kappa shape index (κ3) is 6.13. The highest BCUT2D eigenvalue weighted by Crippen LogP contribution is 2.41. The van der Waals surface area contributed by atoms with Gasteiger partial charge in [-0.3, -0.25) is 0 Å². The smallest absolute Gasteiger partial charge is 0.222 e. The van der Waals surface area contributed by atoms with Crippen molar-refractivity contribution in [2.24, 2.45) is 0 Å². The van der Waals surface area contributed by atoms with Gasteiger partial charge in [0.2, 0.25) is 5.79 Å². The van der Waals surface area contributed by atoms with Crippen LogP contribution in [-0.2, 0) is 15.3 Å². The van der Waals surface area contributed by atoms with Crippen LogP contribution in [0.15, 0.2) is 60.7 Å². The molecule has 0 bridgehead atoms. The van der Waals surface area contributed by atoms with Crippen molar-refractivity contribution in [2.75, 3.05) is 13.2 Å². The van der Waals surface area contributed by atoms with E-state index < -0.39 is 11.9 Å². The van der Waals surface area contributed by atoms with Gasteiger partial charge in [-0.05, 0) is 12.8 Å². The number of unbranched alkanes of at least 4 members (excludes halogenated alkanes) is 5. The molecule has 2 aromatic carbocycles. The van der Waals surface area contributed by atoms with Crippen LogP contribution in [0.3, 0.4) is 0 Å². The first kappa shape index (κ1) is 22.0. The van der Waals surface area contributed by atoms with Crippen LogP contribution < -0.4 is 0 Å². The van der Waals surface area contributed by atoms with Crippen LogP contribution in [-0.4, -0.2) is 35.6 Å². The Morgan fingerprint density at radius 1 is 0.828 bits per heavy atom. The summed E-state index contributed by atoms with van der Waals surface area (Å²) >= 11 is 0. The van der Waals surface area contributed by atoms with Gasteiger partial charge in [0.05, 0.1) is 25.4 Å². The monoisotopic (exact) mass is 398 g/mol. The van der Waals surface area contributed by atoms with E-state index in [2.05, 4.69) is 24.3 Å². The molecule has 1 saturated heterocycles. The molecule has 2 atom stereocenters. The molecule has 0 saturated carbocycles. The van der Waals surface area contributed by atoms with E-state index in [9.17, 15) is 5.11 Å². The molecule has 0 radical (unpaired) electrons. The van der Waals surface area contributed by atoms with Gasteiger partial charge in [-0.15, -0.1) is 0 Å². The molecule has 3 rings (SSSR count). The number of aliphatic hydroxyl groups is 2. The number of ether oxygens (including phenoxy) is 2. The van der Waals surface area contributed by atoms with Crippen LogP contribution >= 0.6 is 0 Å². The molecule has 158 valence electrons. The Bertz CT molecular complexity index is 649. The predicted octanol–water partition coefficient (Wildman–Crippen LogP) is 4.78. The molecule has 1 heterocycles. The number of aliphatic hydroxyl groups excluding tert-OH is 2. The van der Waals surface area contributed by atoms with Gasteiger partial charge in [-0.1, -0.05) is 99.2 Å². The van der Waals surface area contributed by atoms with Crippen molar-refractivity contribution in [3.63, 3.8) is 0 Å². The molecule has 29 heavy (non-hydrogen) atoms. The molecule has 4 heteroatoms. The fourth-order valence-electron chi connectivity index (χ4n) is 3.99. The first-order valence-electron chi connectivity index (χ1n) is 11.0. The molecule has 0 aromatic heterocycles. The Labute approximate surface area is 174 Å². The van der Waals surface area contributed by atoms with Gasteiger partial charge in [0.25, 0.3) is 0 Å². The maximum Gasteiger partial charge on any atom is 0.222 e. The zero-order valence-corrected chi connectivity index (χ0v) is 17.2. The van der Waals surface area contributed by atoms with Crippen molar-refractivity contribution in [1.29, 1.82) is 0 Å². The topological polar surface area (TPSA) is 58.9 Å². The molecule has 1 aliphatic rings. The van der Waals surface area contributed by atoms with Crippen LogP contribution in [0.1, 0.15) is 62.5 Å². The van der Waals surface area contributed by atoms with Crippen molar-refractivity contribution in [2.45, 2.75) is 69.4 Å². The van der Waals surface area contributed by atoms with Crippen LogP contribution in [0.2, 0.25) is 0 Å². The van der Waals surface area contributed by atoms with E-state index in [-0.39, 0.29) is 12.7 Å². The average molecular weight is 399 g/mol. The minimum atomic E-state index is -0.805. The minimum Gasteiger partial charge on any atom is -0.394 e. The molecule has 1 aliphatic heterocycles. The molecular formula is C25H34O4. The van der Waals surface area contributed by atoms with E-state index in [4.69, 9.17) is 14.6 Å². The molecule has 2 aromatic rings. The Hall–Kier alpha value is -1.72. The summed E-state index contributed by atoms with van der Waals surface area (Å²) in [6, 6.07) is 20.4. The molecule has 1 fully saturated rings. The lowest BCUT2D eigenvalue weighted by Crippen LogP contribution is -2.29. The first-order chi connectivity index (χ1) is 14.2. The molecule has 0 amide bonds. The van der Waals surface area contributed by atoms with E-state index >= 15 is 0 Å². The van der Waals surface area contributed by atoms with Crippen molar-refractivity contribution >= 4 is 0 Å². The van der Waals surface area contributed by atoms with E-state index in [0.717, 1.165) is 36.8 Å². The van der Waals surface area contributed by atoms with Gasteiger partial charge in [0.15, 0.2) is 0 Å². The van der Waals surface area contributed by atoms with E-state index in [1.165, 1.54) is 19.3 Å². The summed E-state index contributed by atoms with van der Waals surface area (Å²) in [5.74, 6) is -0.805. The summed E-state index contributed by atoms with van der Waals surface area (Å²) in [6.45, 7) is 0.486. The van der Waals surface area contributed by atoms with Gasteiger partial charge in [0.1, 0.15) is 0 Å². The van der Waals surface area contributed by atoms with Crippen molar-refractivity contribution < 1.29 is 19.7 Å². The molecule has 2 unspecified atom stereocenters. The van der Waals surface area contributed by atoms with Crippen LogP contribution in [0.5, 0.6) is 0 Å². The van der Waals surface area contributed by atoms with Gasteiger partial charge < -0.3 is 19.7 Å². The molecule has 2 N–H and O–H groups in total. The second-order valence-electron chi connectivity index (χ2n) is 7.93. The molecule has 0 spiro atoms. The average Bonchev–Trinajstić information content (AvgIpc) is 3.22. The second kappa shape index (κ2) is 11.5. The maximum atomic E-state index is 9.35. The van der Waals surface area contributed by atoms with E-state index in [1.807, 2.05) is 36.4 Å². The third-order valence-electron chi connectivity index (χ3n) is 5.64. The predicted molar refractivity (Wildman–Crippen MR) is 115 cm³/mol. The standard InChI is InChI=1S/C25H34O4/c26-19-23(27)17-11-3-1-2-4-12-18-24-20-28-25(29-24,21-13-7-5-8-14-21)22-15-9-6-10-16-22/h5-10,13-16,23-24,26-27H,1-4,11-12,17-20H2. The lowest BCUT2D eigenvalue weighted by atomic mass is 9.97. The lowest BCUT2D eigenvalue weighted by molar-refractivity contribution is -0.143. The summed E-state index contributed by atoms with van der Waals surface area (Å²) in [5, 5.41) is 18.2. The summed E-state index contributed by atoms with van der Waals surface area (Å²) in [5.41, 5.74) is 2.08. The van der Waals surface area contributed by atoms with Gasteiger partial charge in [-0.2, -0.15) is 0 Å². The van der Waals surface area contributed by atoms with Crippen LogP contribution in [0.25, 0.3) is 0 Å². The van der Waals surface area contributed by atoms with Crippen LogP contribution in [0.4, 0.5) is 0 Å².